The summed E-state index contributed by atoms with van der Waals surface area (Å²) >= 11 is 1.75. The summed E-state index contributed by atoms with van der Waals surface area (Å²) in [6, 6.07) is 20.5. The van der Waals surface area contributed by atoms with Crippen molar-refractivity contribution in [1.82, 2.24) is 15.0 Å². The van der Waals surface area contributed by atoms with Crippen LogP contribution in [0.5, 0.6) is 0 Å². The highest BCUT2D eigenvalue weighted by Gasteiger charge is 2.18. The summed E-state index contributed by atoms with van der Waals surface area (Å²) in [5.41, 5.74) is 3.04. The van der Waals surface area contributed by atoms with Gasteiger partial charge in [0.15, 0.2) is 5.76 Å². The van der Waals surface area contributed by atoms with Crippen LogP contribution < -0.4 is 0 Å². The lowest BCUT2D eigenvalue weighted by molar-refractivity contribution is 0.245. The number of rotatable bonds is 5. The molecule has 126 valence electrons. The van der Waals surface area contributed by atoms with Crippen LogP contribution in [0.1, 0.15) is 23.7 Å². The van der Waals surface area contributed by atoms with Crippen LogP contribution in [-0.4, -0.2) is 22.1 Å². The number of para-hydroxylation sites is 1. The predicted octanol–water partition coefficient (Wildman–Crippen LogP) is 5.14. The zero-order valence-corrected chi connectivity index (χ0v) is 15.0. The van der Waals surface area contributed by atoms with E-state index in [0.717, 1.165) is 27.5 Å². The molecule has 0 saturated heterocycles. The maximum Gasteiger partial charge on any atom is 0.167 e. The summed E-state index contributed by atoms with van der Waals surface area (Å²) in [5, 5.41) is 5.34. The van der Waals surface area contributed by atoms with E-state index in [-0.39, 0.29) is 6.04 Å². The van der Waals surface area contributed by atoms with E-state index < -0.39 is 0 Å². The minimum Gasteiger partial charge on any atom is -0.356 e. The lowest BCUT2D eigenvalue weighted by Gasteiger charge is -2.21. The van der Waals surface area contributed by atoms with Crippen molar-refractivity contribution >= 4 is 21.6 Å². The first kappa shape index (κ1) is 16.0. The second-order valence-electron chi connectivity index (χ2n) is 6.16. The van der Waals surface area contributed by atoms with Crippen LogP contribution in [0.15, 0.2) is 65.2 Å². The Kier molecular flexibility index (Phi) is 4.34. The Morgan fingerprint density at radius 1 is 1.08 bits per heavy atom. The van der Waals surface area contributed by atoms with Crippen LogP contribution in [0.4, 0.5) is 0 Å². The molecule has 0 amide bonds. The zero-order chi connectivity index (χ0) is 17.2. The third-order valence-corrected chi connectivity index (χ3v) is 5.56. The molecule has 25 heavy (non-hydrogen) atoms. The normalized spacial score (nSPS) is 12.8. The van der Waals surface area contributed by atoms with Crippen molar-refractivity contribution in [3.63, 3.8) is 0 Å². The molecule has 0 aliphatic heterocycles. The average Bonchev–Trinajstić information content (AvgIpc) is 3.28. The van der Waals surface area contributed by atoms with Gasteiger partial charge in [0.25, 0.3) is 0 Å². The Balaban J connectivity index is 1.49. The third kappa shape index (κ3) is 3.34. The van der Waals surface area contributed by atoms with Crippen LogP contribution in [0.2, 0.25) is 0 Å². The fourth-order valence-corrected chi connectivity index (χ4v) is 3.86. The molecule has 2 aromatic carbocycles. The quantitative estimate of drug-likeness (QED) is 0.500. The summed E-state index contributed by atoms with van der Waals surface area (Å²) in [7, 11) is 2.09. The average molecular weight is 349 g/mol. The van der Waals surface area contributed by atoms with Gasteiger partial charge in [-0.1, -0.05) is 47.6 Å². The lowest BCUT2D eigenvalue weighted by Crippen LogP contribution is -2.21. The topological polar surface area (TPSA) is 42.2 Å². The van der Waals surface area contributed by atoms with Crippen molar-refractivity contribution in [2.75, 3.05) is 7.05 Å². The van der Waals surface area contributed by atoms with E-state index in [1.54, 1.807) is 11.3 Å². The summed E-state index contributed by atoms with van der Waals surface area (Å²) in [6.07, 6.45) is 0. The summed E-state index contributed by atoms with van der Waals surface area (Å²) in [4.78, 5) is 7.00. The highest BCUT2D eigenvalue weighted by atomic mass is 32.1. The maximum atomic E-state index is 5.50. The van der Waals surface area contributed by atoms with E-state index >= 15 is 0 Å². The largest absolute Gasteiger partial charge is 0.356 e. The minimum absolute atomic E-state index is 0.217. The molecule has 2 aromatic heterocycles. The van der Waals surface area contributed by atoms with Gasteiger partial charge in [-0.3, -0.25) is 4.90 Å². The van der Waals surface area contributed by atoms with E-state index in [4.69, 9.17) is 9.51 Å². The van der Waals surface area contributed by atoms with Gasteiger partial charge in [0.2, 0.25) is 0 Å². The summed E-state index contributed by atoms with van der Waals surface area (Å²) in [6.45, 7) is 2.89. The third-order valence-electron chi connectivity index (χ3n) is 4.36. The lowest BCUT2D eigenvalue weighted by atomic mass is 10.1. The van der Waals surface area contributed by atoms with Crippen molar-refractivity contribution in [3.8, 4) is 11.3 Å². The first-order chi connectivity index (χ1) is 12.2. The van der Waals surface area contributed by atoms with E-state index in [0.29, 0.717) is 6.54 Å². The Hall–Kier alpha value is -2.50. The Labute approximate surface area is 150 Å². The molecule has 0 unspecified atom stereocenters. The van der Waals surface area contributed by atoms with E-state index in [2.05, 4.69) is 42.2 Å². The molecular formula is C20H19N3OS. The molecule has 5 heteroatoms. The minimum atomic E-state index is 0.217. The first-order valence-electron chi connectivity index (χ1n) is 8.27. The zero-order valence-electron chi connectivity index (χ0n) is 14.2. The van der Waals surface area contributed by atoms with E-state index in [9.17, 15) is 0 Å². The number of hydrogen-bond acceptors (Lipinski definition) is 5. The molecule has 0 aliphatic rings. The molecule has 0 fully saturated rings. The van der Waals surface area contributed by atoms with Gasteiger partial charge in [0.05, 0.1) is 22.0 Å². The SMILES string of the molecule is C[C@H](c1nc2ccccc2s1)N(C)Cc1cc(-c2ccccc2)on1. The van der Waals surface area contributed by atoms with Gasteiger partial charge in [0, 0.05) is 18.2 Å². The molecule has 4 aromatic rings. The fraction of sp³-hybridized carbons (Fsp3) is 0.200. The molecule has 0 aliphatic carbocycles. The number of nitrogens with zero attached hydrogens (tertiary/aromatic N) is 3. The van der Waals surface area contributed by atoms with Crippen molar-refractivity contribution in [1.29, 1.82) is 0 Å². The van der Waals surface area contributed by atoms with Crippen molar-refractivity contribution in [2.45, 2.75) is 19.5 Å². The number of hydrogen-bond donors (Lipinski definition) is 0. The molecular weight excluding hydrogens is 330 g/mol. The van der Waals surface area contributed by atoms with E-state index in [1.165, 1.54) is 4.70 Å². The molecule has 4 nitrogen and oxygen atoms in total. The summed E-state index contributed by atoms with van der Waals surface area (Å²) in [5.74, 6) is 0.802. The Bertz CT molecular complexity index is 944. The van der Waals surface area contributed by atoms with Crippen molar-refractivity contribution in [2.24, 2.45) is 0 Å². The maximum absolute atomic E-state index is 5.50. The molecule has 0 bridgehead atoms. The Morgan fingerprint density at radius 2 is 1.84 bits per heavy atom. The second-order valence-corrected chi connectivity index (χ2v) is 7.22. The highest BCUT2D eigenvalue weighted by molar-refractivity contribution is 7.18. The number of fused-ring (bicyclic) bond motifs is 1. The standard InChI is InChI=1S/C20H19N3OS/c1-14(20-21-17-10-6-7-11-19(17)25-20)23(2)13-16-12-18(24-22-16)15-8-4-3-5-9-15/h3-12,14H,13H2,1-2H3/t14-/m1/s1. The summed E-state index contributed by atoms with van der Waals surface area (Å²) < 4.78 is 6.72. The van der Waals surface area contributed by atoms with Gasteiger partial charge >= 0.3 is 0 Å². The highest BCUT2D eigenvalue weighted by Crippen LogP contribution is 2.29. The van der Waals surface area contributed by atoms with Crippen LogP contribution in [0.3, 0.4) is 0 Å². The number of aromatic nitrogens is 2. The van der Waals surface area contributed by atoms with Crippen LogP contribution in [0, 0.1) is 0 Å². The molecule has 0 radical (unpaired) electrons. The van der Waals surface area contributed by atoms with Gasteiger partial charge < -0.3 is 4.52 Å². The Morgan fingerprint density at radius 3 is 2.64 bits per heavy atom. The van der Waals surface area contributed by atoms with Gasteiger partial charge in [-0.2, -0.15) is 0 Å². The van der Waals surface area contributed by atoms with Crippen molar-refractivity contribution < 1.29 is 4.52 Å². The first-order valence-corrected chi connectivity index (χ1v) is 9.09. The van der Waals surface area contributed by atoms with Gasteiger partial charge in [-0.15, -0.1) is 11.3 Å². The molecule has 0 N–H and O–H groups in total. The number of benzene rings is 2. The van der Waals surface area contributed by atoms with Crippen LogP contribution >= 0.6 is 11.3 Å². The monoisotopic (exact) mass is 349 g/mol. The molecule has 1 atom stereocenters. The smallest absolute Gasteiger partial charge is 0.167 e. The molecule has 0 saturated carbocycles. The predicted molar refractivity (Wildman–Crippen MR) is 101 cm³/mol. The van der Waals surface area contributed by atoms with Crippen LogP contribution in [-0.2, 0) is 6.54 Å². The van der Waals surface area contributed by atoms with E-state index in [1.807, 2.05) is 42.5 Å². The molecule has 2 heterocycles. The second kappa shape index (κ2) is 6.78. The van der Waals surface area contributed by atoms with Gasteiger partial charge in [-0.05, 0) is 26.1 Å². The van der Waals surface area contributed by atoms with Gasteiger partial charge in [0.1, 0.15) is 5.01 Å². The van der Waals surface area contributed by atoms with Gasteiger partial charge in [-0.25, -0.2) is 4.98 Å². The molecule has 0 spiro atoms. The fourth-order valence-electron chi connectivity index (χ4n) is 2.77. The van der Waals surface area contributed by atoms with Crippen molar-refractivity contribution in [3.05, 3.63) is 71.4 Å². The molecule has 4 rings (SSSR count). The van der Waals surface area contributed by atoms with Crippen LogP contribution in [0.25, 0.3) is 21.5 Å². The number of thiazole rings is 1.